The number of rotatable bonds is 6. The molecule has 284 valence electrons. The predicted octanol–water partition coefficient (Wildman–Crippen LogP) is 15.9. The Balaban J connectivity index is 1.07. The first-order valence-corrected chi connectivity index (χ1v) is 21.7. The van der Waals surface area contributed by atoms with Crippen molar-refractivity contribution in [3.63, 3.8) is 0 Å². The summed E-state index contributed by atoms with van der Waals surface area (Å²) in [5.74, 6) is 0. The molecule has 9 aromatic carbocycles. The molecule has 0 fully saturated rings. The van der Waals surface area contributed by atoms with Gasteiger partial charge in [0, 0.05) is 42.6 Å². The third kappa shape index (κ3) is 4.98. The quantitative estimate of drug-likeness (QED) is 0.162. The zero-order valence-electron chi connectivity index (χ0n) is 33.6. The number of hydrogen-bond acceptors (Lipinski definition) is 2. The molecule has 0 saturated heterocycles. The van der Waals surface area contributed by atoms with E-state index in [1.807, 2.05) is 11.3 Å². The summed E-state index contributed by atoms with van der Waals surface area (Å²) in [6.07, 6.45) is 0. The molecule has 0 radical (unpaired) electrons. The first kappa shape index (κ1) is 35.0. The molecular formula is C58H41NS. The SMILES string of the molecule is CC1(C)c2ccccc2-c2cccc(-c3ccc(N(c4ccc5c(c4)C(c4ccccc4)(c4ccccc4)c4ccccc4-5)c4ccc5c(c4)sc4ccccc45)cc3)c21. The molecule has 1 heterocycles. The zero-order valence-corrected chi connectivity index (χ0v) is 34.4. The molecule has 0 N–H and O–H groups in total. The van der Waals surface area contributed by atoms with E-state index < -0.39 is 5.41 Å². The molecule has 12 rings (SSSR count). The Bertz CT molecular complexity index is 3240. The molecule has 0 unspecified atom stereocenters. The third-order valence-electron chi connectivity index (χ3n) is 13.3. The summed E-state index contributed by atoms with van der Waals surface area (Å²) in [5, 5.41) is 2.61. The van der Waals surface area contributed by atoms with Crippen molar-refractivity contribution < 1.29 is 0 Å². The molecule has 1 aromatic heterocycles. The second kappa shape index (κ2) is 13.3. The first-order valence-electron chi connectivity index (χ1n) is 20.9. The normalized spacial score (nSPS) is 14.1. The molecule has 0 saturated carbocycles. The maximum atomic E-state index is 2.47. The lowest BCUT2D eigenvalue weighted by Crippen LogP contribution is -2.28. The van der Waals surface area contributed by atoms with Gasteiger partial charge in [0.25, 0.3) is 0 Å². The fourth-order valence-corrected chi connectivity index (χ4v) is 11.9. The maximum Gasteiger partial charge on any atom is 0.0714 e. The Kier molecular flexibility index (Phi) is 7.73. The van der Waals surface area contributed by atoms with Gasteiger partial charge in [-0.25, -0.2) is 0 Å². The minimum Gasteiger partial charge on any atom is -0.310 e. The lowest BCUT2D eigenvalue weighted by molar-refractivity contribution is 0.662. The highest BCUT2D eigenvalue weighted by Gasteiger charge is 2.46. The van der Waals surface area contributed by atoms with Crippen LogP contribution in [-0.2, 0) is 10.8 Å². The van der Waals surface area contributed by atoms with Crippen LogP contribution in [-0.4, -0.2) is 0 Å². The van der Waals surface area contributed by atoms with Crippen LogP contribution in [0.15, 0.2) is 212 Å². The van der Waals surface area contributed by atoms with Gasteiger partial charge in [0.15, 0.2) is 0 Å². The van der Waals surface area contributed by atoms with Gasteiger partial charge >= 0.3 is 0 Å². The van der Waals surface area contributed by atoms with E-state index in [-0.39, 0.29) is 5.41 Å². The Morgan fingerprint density at radius 2 is 0.900 bits per heavy atom. The van der Waals surface area contributed by atoms with E-state index in [9.17, 15) is 0 Å². The van der Waals surface area contributed by atoms with Gasteiger partial charge in [-0.2, -0.15) is 0 Å². The fourth-order valence-electron chi connectivity index (χ4n) is 10.8. The van der Waals surface area contributed by atoms with Crippen LogP contribution in [0.2, 0.25) is 0 Å². The van der Waals surface area contributed by atoms with Crippen LogP contribution in [0.1, 0.15) is 47.2 Å². The molecule has 2 aliphatic rings. The Labute approximate surface area is 355 Å². The summed E-state index contributed by atoms with van der Waals surface area (Å²) in [5.41, 5.74) is 18.5. The molecule has 0 spiro atoms. The summed E-state index contributed by atoms with van der Waals surface area (Å²) in [6, 6.07) is 79.2. The second-order valence-electron chi connectivity index (χ2n) is 16.8. The average Bonchev–Trinajstić information content (AvgIpc) is 3.91. The molecule has 2 aliphatic carbocycles. The smallest absolute Gasteiger partial charge is 0.0714 e. The minimum atomic E-state index is -0.493. The number of anilines is 3. The molecule has 10 aromatic rings. The highest BCUT2D eigenvalue weighted by atomic mass is 32.1. The molecule has 0 bridgehead atoms. The second-order valence-corrected chi connectivity index (χ2v) is 17.9. The molecular weight excluding hydrogens is 743 g/mol. The zero-order chi connectivity index (χ0) is 40.0. The van der Waals surface area contributed by atoms with Crippen LogP contribution in [0.5, 0.6) is 0 Å². The third-order valence-corrected chi connectivity index (χ3v) is 14.5. The van der Waals surface area contributed by atoms with Crippen molar-refractivity contribution in [2.75, 3.05) is 4.90 Å². The maximum absolute atomic E-state index is 2.47. The Hall–Kier alpha value is -7.00. The van der Waals surface area contributed by atoms with Crippen molar-refractivity contribution >= 4 is 48.6 Å². The van der Waals surface area contributed by atoms with E-state index in [0.29, 0.717) is 0 Å². The van der Waals surface area contributed by atoms with Crippen molar-refractivity contribution in [2.45, 2.75) is 24.7 Å². The van der Waals surface area contributed by atoms with Gasteiger partial charge in [0.1, 0.15) is 0 Å². The van der Waals surface area contributed by atoms with Crippen LogP contribution in [0, 0.1) is 0 Å². The van der Waals surface area contributed by atoms with Gasteiger partial charge in [-0.1, -0.05) is 184 Å². The Morgan fingerprint density at radius 1 is 0.367 bits per heavy atom. The molecule has 0 atom stereocenters. The molecule has 0 amide bonds. The average molecular weight is 784 g/mol. The predicted molar refractivity (Wildman–Crippen MR) is 254 cm³/mol. The largest absolute Gasteiger partial charge is 0.310 e. The van der Waals surface area contributed by atoms with E-state index >= 15 is 0 Å². The Morgan fingerprint density at radius 3 is 1.65 bits per heavy atom. The van der Waals surface area contributed by atoms with E-state index in [1.54, 1.807) is 0 Å². The number of thiophene rings is 1. The van der Waals surface area contributed by atoms with Gasteiger partial charge in [-0.05, 0) is 109 Å². The van der Waals surface area contributed by atoms with Gasteiger partial charge < -0.3 is 4.90 Å². The number of fused-ring (bicyclic) bond motifs is 9. The number of nitrogens with zero attached hydrogens (tertiary/aromatic N) is 1. The van der Waals surface area contributed by atoms with E-state index in [1.165, 1.54) is 86.9 Å². The molecule has 60 heavy (non-hydrogen) atoms. The van der Waals surface area contributed by atoms with Crippen LogP contribution in [0.25, 0.3) is 53.6 Å². The van der Waals surface area contributed by atoms with E-state index in [0.717, 1.165) is 17.1 Å². The van der Waals surface area contributed by atoms with Crippen molar-refractivity contribution in [3.05, 3.63) is 246 Å². The summed E-state index contributed by atoms with van der Waals surface area (Å²) >= 11 is 1.87. The van der Waals surface area contributed by atoms with Crippen molar-refractivity contribution in [2.24, 2.45) is 0 Å². The van der Waals surface area contributed by atoms with Crippen LogP contribution in [0.4, 0.5) is 17.1 Å². The van der Waals surface area contributed by atoms with Crippen molar-refractivity contribution in [3.8, 4) is 33.4 Å². The molecule has 0 aliphatic heterocycles. The summed E-state index contributed by atoms with van der Waals surface area (Å²) < 4.78 is 2.60. The van der Waals surface area contributed by atoms with Crippen LogP contribution in [0.3, 0.4) is 0 Å². The van der Waals surface area contributed by atoms with Crippen LogP contribution < -0.4 is 4.90 Å². The van der Waals surface area contributed by atoms with Gasteiger partial charge in [-0.3, -0.25) is 0 Å². The topological polar surface area (TPSA) is 3.24 Å². The number of benzene rings is 9. The number of hydrogen-bond donors (Lipinski definition) is 0. The highest BCUT2D eigenvalue weighted by Crippen LogP contribution is 2.58. The van der Waals surface area contributed by atoms with E-state index in [2.05, 4.69) is 231 Å². The highest BCUT2D eigenvalue weighted by molar-refractivity contribution is 7.25. The molecule has 2 heteroatoms. The van der Waals surface area contributed by atoms with Gasteiger partial charge in [0.2, 0.25) is 0 Å². The van der Waals surface area contributed by atoms with Crippen LogP contribution >= 0.6 is 11.3 Å². The lowest BCUT2D eigenvalue weighted by Gasteiger charge is -2.35. The van der Waals surface area contributed by atoms with Gasteiger partial charge in [0.05, 0.1) is 5.41 Å². The molecule has 1 nitrogen and oxygen atoms in total. The summed E-state index contributed by atoms with van der Waals surface area (Å²) in [6.45, 7) is 4.75. The summed E-state index contributed by atoms with van der Waals surface area (Å²) in [4.78, 5) is 2.47. The first-order chi connectivity index (χ1) is 29.5. The monoisotopic (exact) mass is 783 g/mol. The van der Waals surface area contributed by atoms with Crippen molar-refractivity contribution in [1.29, 1.82) is 0 Å². The van der Waals surface area contributed by atoms with Crippen molar-refractivity contribution in [1.82, 2.24) is 0 Å². The van der Waals surface area contributed by atoms with E-state index in [4.69, 9.17) is 0 Å². The lowest BCUT2D eigenvalue weighted by atomic mass is 9.67. The minimum absolute atomic E-state index is 0.0983. The fraction of sp³-hybridized carbons (Fsp3) is 0.0690. The standard InChI is InChI=1S/C58H41NS/c1-57(2)51-25-12-9-21-46(51)50-24-15-23-44(56(50)57)38-28-30-41(31-29-38)59(43-33-35-49-48-22-11-14-27-54(48)60-55(49)37-43)42-32-34-47-45-20-10-13-26-52(45)58(53(47)36-42,39-16-5-3-6-17-39)40-18-7-4-8-19-40/h3-37H,1-2H3. The summed E-state index contributed by atoms with van der Waals surface area (Å²) in [7, 11) is 0. The van der Waals surface area contributed by atoms with Gasteiger partial charge in [-0.15, -0.1) is 11.3 Å².